The number of fused-ring (bicyclic) bond motifs is 5. The minimum atomic E-state index is -1.61. The highest BCUT2D eigenvalue weighted by Crippen LogP contribution is 2.61. The van der Waals surface area contributed by atoms with E-state index in [1.54, 1.807) is 78.9 Å². The van der Waals surface area contributed by atoms with Crippen LogP contribution in [-0.4, -0.2) is 29.4 Å². The molecule has 0 bridgehead atoms. The van der Waals surface area contributed by atoms with E-state index in [4.69, 9.17) is 11.6 Å². The normalized spacial score (nSPS) is 21.9. The van der Waals surface area contributed by atoms with Crippen LogP contribution in [0, 0.1) is 18.2 Å². The van der Waals surface area contributed by atoms with Crippen LogP contribution in [0.25, 0.3) is 6.08 Å². The Bertz CT molecular complexity index is 1720. The number of hydrogen-bond acceptors (Lipinski definition) is 4. The zero-order valence-corrected chi connectivity index (χ0v) is 22.2. The van der Waals surface area contributed by atoms with Crippen LogP contribution in [0.1, 0.15) is 53.7 Å². The zero-order valence-electron chi connectivity index (χ0n) is 21.5. The quantitative estimate of drug-likeness (QED) is 0.203. The second-order valence-electron chi connectivity index (χ2n) is 10.7. The van der Waals surface area contributed by atoms with Crippen LogP contribution in [0.5, 0.6) is 0 Å². The minimum Gasteiger partial charge on any atom is -0.352 e. The van der Waals surface area contributed by atoms with Crippen molar-refractivity contribution in [3.8, 4) is 0 Å². The number of aryl methyl sites for hydroxylation is 1. The van der Waals surface area contributed by atoms with Crippen molar-refractivity contribution in [1.29, 1.82) is 0 Å². The molecule has 0 N–H and O–H groups in total. The van der Waals surface area contributed by atoms with E-state index in [1.807, 2.05) is 24.0 Å². The lowest BCUT2D eigenvalue weighted by atomic mass is 9.64. The topological polar surface area (TPSA) is 54.5 Å². The molecular formula is C34H23ClFNO3. The summed E-state index contributed by atoms with van der Waals surface area (Å²) in [5.74, 6) is -2.08. The number of carbonyl (C=O) groups is 3. The molecule has 0 aromatic heterocycles. The third-order valence-corrected chi connectivity index (χ3v) is 8.85. The molecule has 40 heavy (non-hydrogen) atoms. The van der Waals surface area contributed by atoms with Gasteiger partial charge in [0.1, 0.15) is 17.3 Å². The molecule has 4 aromatic rings. The molecule has 1 fully saturated rings. The molecule has 3 aliphatic rings. The lowest BCUT2D eigenvalue weighted by molar-refractivity contribution is 0.0666. The first-order valence-corrected chi connectivity index (χ1v) is 13.5. The predicted octanol–water partition coefficient (Wildman–Crippen LogP) is 7.10. The van der Waals surface area contributed by atoms with Crippen LogP contribution in [-0.2, 0) is 0 Å². The summed E-state index contributed by atoms with van der Waals surface area (Å²) >= 11 is 6.26. The first-order chi connectivity index (χ1) is 19.3. The van der Waals surface area contributed by atoms with E-state index in [1.165, 1.54) is 12.1 Å². The van der Waals surface area contributed by atoms with E-state index in [0.717, 1.165) is 5.56 Å². The fourth-order valence-electron chi connectivity index (χ4n) is 6.88. The van der Waals surface area contributed by atoms with Crippen molar-refractivity contribution < 1.29 is 18.8 Å². The molecule has 7 rings (SSSR count). The standard InChI is InChI=1S/C34H23ClFNO3/c1-19-6-8-21(9-7-19)31(38)30-29(20-10-13-23(35)14-11-20)34(32(39)25-4-2-3-5-26(25)33(34)40)28-17-12-22-18-24(36)15-16-27(22)37(28)30/h2-18,28-30H,1H3/t28-,29+,30-/m1/s1. The second-order valence-corrected chi connectivity index (χ2v) is 11.1. The molecule has 196 valence electrons. The van der Waals surface area contributed by atoms with Crippen molar-refractivity contribution in [2.24, 2.45) is 5.41 Å². The average Bonchev–Trinajstić information content (AvgIpc) is 3.39. The number of rotatable bonds is 3. The Balaban J connectivity index is 1.54. The summed E-state index contributed by atoms with van der Waals surface area (Å²) < 4.78 is 14.3. The molecule has 1 aliphatic carbocycles. The van der Waals surface area contributed by atoms with Gasteiger partial charge in [0.25, 0.3) is 0 Å². The van der Waals surface area contributed by atoms with Crippen molar-refractivity contribution in [2.45, 2.75) is 24.9 Å². The molecule has 0 saturated carbocycles. The molecule has 1 saturated heterocycles. The zero-order chi connectivity index (χ0) is 27.8. The van der Waals surface area contributed by atoms with Crippen LogP contribution >= 0.6 is 11.6 Å². The number of carbonyl (C=O) groups excluding carboxylic acids is 3. The maximum absolute atomic E-state index is 14.6. The molecule has 2 aliphatic heterocycles. The highest BCUT2D eigenvalue weighted by molar-refractivity contribution is 6.32. The van der Waals surface area contributed by atoms with Crippen LogP contribution < -0.4 is 4.90 Å². The number of nitrogens with zero attached hydrogens (tertiary/aromatic N) is 1. The van der Waals surface area contributed by atoms with Gasteiger partial charge in [-0.2, -0.15) is 0 Å². The molecule has 0 radical (unpaired) electrons. The van der Waals surface area contributed by atoms with Crippen LogP contribution in [0.3, 0.4) is 0 Å². The van der Waals surface area contributed by atoms with Gasteiger partial charge < -0.3 is 4.90 Å². The first kappa shape index (κ1) is 24.7. The summed E-state index contributed by atoms with van der Waals surface area (Å²) in [4.78, 5) is 45.6. The van der Waals surface area contributed by atoms with Gasteiger partial charge in [-0.05, 0) is 42.8 Å². The molecule has 3 atom stereocenters. The molecule has 2 heterocycles. The van der Waals surface area contributed by atoms with Gasteiger partial charge in [-0.25, -0.2) is 4.39 Å². The van der Waals surface area contributed by atoms with Gasteiger partial charge >= 0.3 is 0 Å². The number of benzene rings is 4. The van der Waals surface area contributed by atoms with E-state index in [0.29, 0.717) is 38.5 Å². The fourth-order valence-corrected chi connectivity index (χ4v) is 7.01. The second kappa shape index (κ2) is 8.83. The Hall–Kier alpha value is -4.35. The van der Waals surface area contributed by atoms with Crippen molar-refractivity contribution in [1.82, 2.24) is 0 Å². The monoisotopic (exact) mass is 547 g/mol. The lowest BCUT2D eigenvalue weighted by Gasteiger charge is -2.37. The number of ketones is 3. The fraction of sp³-hybridized carbons (Fsp3) is 0.147. The van der Waals surface area contributed by atoms with Gasteiger partial charge in [0.2, 0.25) is 0 Å². The molecule has 4 aromatic carbocycles. The maximum atomic E-state index is 14.6. The van der Waals surface area contributed by atoms with Crippen molar-refractivity contribution in [3.63, 3.8) is 0 Å². The van der Waals surface area contributed by atoms with Gasteiger partial charge in [0.05, 0.1) is 6.04 Å². The highest BCUT2D eigenvalue weighted by Gasteiger charge is 2.71. The lowest BCUT2D eigenvalue weighted by Crippen LogP contribution is -2.48. The molecule has 1 spiro atoms. The summed E-state index contributed by atoms with van der Waals surface area (Å²) in [5.41, 5.74) is 2.43. The Morgan fingerprint density at radius 1 is 0.875 bits per heavy atom. The molecular weight excluding hydrogens is 525 g/mol. The van der Waals surface area contributed by atoms with Crippen LogP contribution in [0.2, 0.25) is 5.02 Å². The smallest absolute Gasteiger partial charge is 0.185 e. The SMILES string of the molecule is Cc1ccc(C(=O)[C@H]2[C@H](c3ccc(Cl)cc3)C3(C(=O)c4ccccc4C3=O)[C@H]3C=Cc4cc(F)ccc4N23)cc1. The number of halogens is 2. The largest absolute Gasteiger partial charge is 0.352 e. The summed E-state index contributed by atoms with van der Waals surface area (Å²) in [6.07, 6.45) is 3.54. The maximum Gasteiger partial charge on any atom is 0.185 e. The van der Waals surface area contributed by atoms with Crippen LogP contribution in [0.4, 0.5) is 10.1 Å². The Labute approximate surface area is 235 Å². The van der Waals surface area contributed by atoms with Gasteiger partial charge in [0, 0.05) is 38.9 Å². The van der Waals surface area contributed by atoms with E-state index in [-0.39, 0.29) is 17.3 Å². The summed E-state index contributed by atoms with van der Waals surface area (Å²) in [5, 5.41) is 0.503. The predicted molar refractivity (Wildman–Crippen MR) is 153 cm³/mol. The third-order valence-electron chi connectivity index (χ3n) is 8.60. The van der Waals surface area contributed by atoms with E-state index in [9.17, 15) is 18.8 Å². The Morgan fingerprint density at radius 3 is 2.17 bits per heavy atom. The minimum absolute atomic E-state index is 0.219. The van der Waals surface area contributed by atoms with E-state index in [2.05, 4.69) is 0 Å². The molecule has 6 heteroatoms. The number of hydrogen-bond donors (Lipinski definition) is 0. The van der Waals surface area contributed by atoms with Gasteiger partial charge in [-0.15, -0.1) is 0 Å². The molecule has 4 nitrogen and oxygen atoms in total. The number of anilines is 1. The number of Topliss-reactive ketones (excluding diaryl/α,β-unsaturated/α-hetero) is 3. The first-order valence-electron chi connectivity index (χ1n) is 13.1. The highest BCUT2D eigenvalue weighted by atomic mass is 35.5. The summed E-state index contributed by atoms with van der Waals surface area (Å²) in [7, 11) is 0. The molecule has 0 unspecified atom stereocenters. The van der Waals surface area contributed by atoms with E-state index < -0.39 is 29.2 Å². The van der Waals surface area contributed by atoms with Crippen LogP contribution in [0.15, 0.2) is 97.1 Å². The Kier molecular flexibility index (Phi) is 5.45. The van der Waals surface area contributed by atoms with Crippen molar-refractivity contribution >= 4 is 40.7 Å². The average molecular weight is 548 g/mol. The van der Waals surface area contributed by atoms with Crippen molar-refractivity contribution in [3.05, 3.63) is 141 Å². The van der Waals surface area contributed by atoms with Crippen molar-refractivity contribution in [2.75, 3.05) is 4.90 Å². The van der Waals surface area contributed by atoms with Gasteiger partial charge in [-0.1, -0.05) is 90.0 Å². The Morgan fingerprint density at radius 2 is 1.52 bits per heavy atom. The molecule has 0 amide bonds. The summed E-state index contributed by atoms with van der Waals surface area (Å²) in [6, 6.07) is 23.8. The third kappa shape index (κ3) is 3.28. The van der Waals surface area contributed by atoms with Gasteiger partial charge in [0.15, 0.2) is 17.3 Å². The van der Waals surface area contributed by atoms with E-state index >= 15 is 0 Å². The van der Waals surface area contributed by atoms with Gasteiger partial charge in [-0.3, -0.25) is 14.4 Å². The summed E-state index contributed by atoms with van der Waals surface area (Å²) in [6.45, 7) is 1.94.